The van der Waals surface area contributed by atoms with E-state index < -0.39 is 39.1 Å². The zero-order valence-electron chi connectivity index (χ0n) is 22.8. The van der Waals surface area contributed by atoms with Crippen molar-refractivity contribution < 1.29 is 35.5 Å². The minimum Gasteiger partial charge on any atom is -0.464 e. The van der Waals surface area contributed by atoms with E-state index in [0.29, 0.717) is 56.9 Å². The zero-order valence-corrected chi connectivity index (χ0v) is 23.7. The second-order valence-electron chi connectivity index (χ2n) is 9.92. The number of amides is 1. The van der Waals surface area contributed by atoms with Gasteiger partial charge in [0.05, 0.1) is 36.8 Å². The van der Waals surface area contributed by atoms with Crippen LogP contribution in [-0.2, 0) is 38.8 Å². The molecule has 0 unspecified atom stereocenters. The molecule has 0 radical (unpaired) electrons. The highest BCUT2D eigenvalue weighted by atomic mass is 32.2. The fourth-order valence-electron chi connectivity index (χ4n) is 4.61. The summed E-state index contributed by atoms with van der Waals surface area (Å²) < 4.78 is 79.6. The summed E-state index contributed by atoms with van der Waals surface area (Å²) in [6.45, 7) is 4.62. The summed E-state index contributed by atoms with van der Waals surface area (Å²) in [4.78, 5) is 16.8. The number of furan rings is 1. The maximum Gasteiger partial charge on any atom is 0.416 e. The Hall–Kier alpha value is -3.19. The lowest BCUT2D eigenvalue weighted by atomic mass is 10.2. The highest BCUT2D eigenvalue weighted by Gasteiger charge is 2.34. The second kappa shape index (κ2) is 13.6. The number of rotatable bonds is 12. The molecule has 222 valence electrons. The number of halogens is 3. The van der Waals surface area contributed by atoms with Crippen LogP contribution in [0.25, 0.3) is 0 Å². The standard InChI is InChI=1S/C29H34F3N3O5S/c1-23-11-12-26(40-23)21-34(20-24-7-3-2-4-8-24)28(36)22-35(14-6-13-33-15-17-39-18-16-33)41(37,38)27-10-5-9-25(19-27)29(30,31)32/h2-5,7-12,19H,6,13-18,20-22H2,1H3. The SMILES string of the molecule is Cc1ccc(CN(Cc2ccccc2)C(=O)CN(CCCN2CCOCC2)S(=O)(=O)c2cccc(C(F)(F)F)c2)o1. The number of hydrogen-bond acceptors (Lipinski definition) is 6. The number of carbonyl (C=O) groups excluding carboxylic acids is 1. The summed E-state index contributed by atoms with van der Waals surface area (Å²) in [6.07, 6.45) is -4.32. The molecule has 0 saturated carbocycles. The van der Waals surface area contributed by atoms with Crippen LogP contribution in [0.15, 0.2) is 76.0 Å². The molecule has 1 fully saturated rings. The molecule has 1 aromatic heterocycles. The molecular weight excluding hydrogens is 559 g/mol. The van der Waals surface area contributed by atoms with Crippen LogP contribution in [0.5, 0.6) is 0 Å². The largest absolute Gasteiger partial charge is 0.464 e. The Labute approximate surface area is 238 Å². The molecule has 3 aromatic rings. The third kappa shape index (κ3) is 8.65. The van der Waals surface area contributed by atoms with E-state index in [9.17, 15) is 26.4 Å². The number of sulfonamides is 1. The quantitative estimate of drug-likeness (QED) is 0.307. The lowest BCUT2D eigenvalue weighted by molar-refractivity contribution is -0.137. The lowest BCUT2D eigenvalue weighted by Gasteiger charge is -2.29. The number of morpholine rings is 1. The van der Waals surface area contributed by atoms with Crippen molar-refractivity contribution in [2.45, 2.75) is 37.5 Å². The maximum absolute atomic E-state index is 13.7. The Kier molecular flexibility index (Phi) is 10.2. The van der Waals surface area contributed by atoms with Crippen molar-refractivity contribution in [2.75, 3.05) is 45.9 Å². The first-order chi connectivity index (χ1) is 19.5. The van der Waals surface area contributed by atoms with Crippen LogP contribution in [0, 0.1) is 6.92 Å². The van der Waals surface area contributed by atoms with Gasteiger partial charge < -0.3 is 14.1 Å². The van der Waals surface area contributed by atoms with Gasteiger partial charge in [0.15, 0.2) is 0 Å². The second-order valence-corrected chi connectivity index (χ2v) is 11.9. The van der Waals surface area contributed by atoms with Gasteiger partial charge >= 0.3 is 6.18 Å². The van der Waals surface area contributed by atoms with E-state index in [2.05, 4.69) is 4.90 Å². The molecule has 2 heterocycles. The molecule has 1 amide bonds. The number of hydrogen-bond donors (Lipinski definition) is 0. The molecule has 1 saturated heterocycles. The van der Waals surface area contributed by atoms with Crippen molar-refractivity contribution in [3.05, 3.63) is 89.4 Å². The minimum atomic E-state index is -4.71. The van der Waals surface area contributed by atoms with Gasteiger partial charge in [-0.05, 0) is 55.8 Å². The molecular formula is C29H34F3N3O5S. The summed E-state index contributed by atoms with van der Waals surface area (Å²) in [6, 6.07) is 16.4. The Bertz CT molecular complexity index is 1390. The highest BCUT2D eigenvalue weighted by molar-refractivity contribution is 7.89. The molecule has 8 nitrogen and oxygen atoms in total. The van der Waals surface area contributed by atoms with Crippen LogP contribution in [0.2, 0.25) is 0 Å². The number of aryl methyl sites for hydroxylation is 1. The van der Waals surface area contributed by atoms with Gasteiger partial charge in [0.1, 0.15) is 11.5 Å². The Morgan fingerprint density at radius 3 is 2.37 bits per heavy atom. The number of benzene rings is 2. The molecule has 0 bridgehead atoms. The number of alkyl halides is 3. The van der Waals surface area contributed by atoms with Gasteiger partial charge in [-0.1, -0.05) is 36.4 Å². The Morgan fingerprint density at radius 1 is 0.976 bits per heavy atom. The van der Waals surface area contributed by atoms with Crippen LogP contribution < -0.4 is 0 Å². The van der Waals surface area contributed by atoms with E-state index in [4.69, 9.17) is 9.15 Å². The van der Waals surface area contributed by atoms with E-state index in [0.717, 1.165) is 28.1 Å². The van der Waals surface area contributed by atoms with Crippen LogP contribution in [0.3, 0.4) is 0 Å². The van der Waals surface area contributed by atoms with Crippen LogP contribution >= 0.6 is 0 Å². The molecule has 1 aliphatic heterocycles. The predicted molar refractivity (Wildman–Crippen MR) is 146 cm³/mol. The van der Waals surface area contributed by atoms with Crippen LogP contribution in [0.1, 0.15) is 29.1 Å². The topological polar surface area (TPSA) is 83.3 Å². The first-order valence-corrected chi connectivity index (χ1v) is 14.8. The Balaban J connectivity index is 1.59. The van der Waals surface area contributed by atoms with Crippen molar-refractivity contribution in [1.82, 2.24) is 14.1 Å². The van der Waals surface area contributed by atoms with E-state index in [1.54, 1.807) is 19.1 Å². The van der Waals surface area contributed by atoms with Gasteiger partial charge in [-0.2, -0.15) is 17.5 Å². The predicted octanol–water partition coefficient (Wildman–Crippen LogP) is 4.55. The monoisotopic (exact) mass is 593 g/mol. The van der Waals surface area contributed by atoms with Crippen molar-refractivity contribution in [2.24, 2.45) is 0 Å². The molecule has 2 aromatic carbocycles. The first kappa shape index (κ1) is 30.8. The summed E-state index contributed by atoms with van der Waals surface area (Å²) in [7, 11) is -4.44. The molecule has 41 heavy (non-hydrogen) atoms. The third-order valence-corrected chi connectivity index (χ3v) is 8.65. The van der Waals surface area contributed by atoms with Crippen LogP contribution in [-0.4, -0.2) is 74.4 Å². The maximum atomic E-state index is 13.7. The van der Waals surface area contributed by atoms with Crippen LogP contribution in [0.4, 0.5) is 13.2 Å². The smallest absolute Gasteiger partial charge is 0.416 e. The number of carbonyl (C=O) groups is 1. The first-order valence-electron chi connectivity index (χ1n) is 13.4. The van der Waals surface area contributed by atoms with E-state index in [1.165, 1.54) is 4.90 Å². The van der Waals surface area contributed by atoms with Crippen molar-refractivity contribution in [3.63, 3.8) is 0 Å². The number of ether oxygens (including phenoxy) is 1. The van der Waals surface area contributed by atoms with Gasteiger partial charge in [-0.3, -0.25) is 9.69 Å². The molecule has 0 atom stereocenters. The average Bonchev–Trinajstić information content (AvgIpc) is 3.37. The molecule has 4 rings (SSSR count). The van der Waals surface area contributed by atoms with Gasteiger partial charge in [0.2, 0.25) is 15.9 Å². The Morgan fingerprint density at radius 2 is 1.71 bits per heavy atom. The summed E-state index contributed by atoms with van der Waals surface area (Å²) in [5, 5.41) is 0. The summed E-state index contributed by atoms with van der Waals surface area (Å²) in [5.74, 6) is 0.709. The molecule has 0 aliphatic carbocycles. The summed E-state index contributed by atoms with van der Waals surface area (Å²) in [5.41, 5.74) is -0.235. The molecule has 1 aliphatic rings. The van der Waals surface area contributed by atoms with Gasteiger partial charge in [0, 0.05) is 26.2 Å². The van der Waals surface area contributed by atoms with E-state index in [-0.39, 0.29) is 19.6 Å². The molecule has 12 heteroatoms. The average molecular weight is 594 g/mol. The fourth-order valence-corrected chi connectivity index (χ4v) is 6.08. The molecule has 0 N–H and O–H groups in total. The molecule has 0 spiro atoms. The van der Waals surface area contributed by atoms with E-state index in [1.807, 2.05) is 30.3 Å². The van der Waals surface area contributed by atoms with Crippen molar-refractivity contribution in [3.8, 4) is 0 Å². The minimum absolute atomic E-state index is 0.0410. The normalized spacial score (nSPS) is 14.9. The van der Waals surface area contributed by atoms with Crippen molar-refractivity contribution >= 4 is 15.9 Å². The number of nitrogens with zero attached hydrogens (tertiary/aromatic N) is 3. The van der Waals surface area contributed by atoms with Gasteiger partial charge in [-0.15, -0.1) is 0 Å². The summed E-state index contributed by atoms with van der Waals surface area (Å²) >= 11 is 0. The highest BCUT2D eigenvalue weighted by Crippen LogP contribution is 2.31. The third-order valence-electron chi connectivity index (χ3n) is 6.81. The lowest BCUT2D eigenvalue weighted by Crippen LogP contribution is -2.44. The fraction of sp³-hybridized carbons (Fsp3) is 0.414. The van der Waals surface area contributed by atoms with Gasteiger partial charge in [0.25, 0.3) is 0 Å². The van der Waals surface area contributed by atoms with E-state index >= 15 is 0 Å². The van der Waals surface area contributed by atoms with Gasteiger partial charge in [-0.25, -0.2) is 8.42 Å². The van der Waals surface area contributed by atoms with Crippen molar-refractivity contribution in [1.29, 1.82) is 0 Å². The zero-order chi connectivity index (χ0) is 29.5.